The van der Waals surface area contributed by atoms with Gasteiger partial charge in [0.15, 0.2) is 5.82 Å². The molecule has 1 amide bonds. The largest absolute Gasteiger partial charge is 0.342 e. The Morgan fingerprint density at radius 1 is 1.19 bits per heavy atom. The number of carbonyl (C=O) groups excluding carboxylic acids is 1. The van der Waals surface area contributed by atoms with Crippen LogP contribution in [-0.4, -0.2) is 53.9 Å². The minimum atomic E-state index is 0.173. The van der Waals surface area contributed by atoms with E-state index in [1.807, 2.05) is 48.5 Å². The van der Waals surface area contributed by atoms with E-state index in [0.29, 0.717) is 12.3 Å². The van der Waals surface area contributed by atoms with Crippen LogP contribution in [0.5, 0.6) is 0 Å². The number of piperidine rings is 1. The summed E-state index contributed by atoms with van der Waals surface area (Å²) in [7, 11) is 1.86. The lowest BCUT2D eigenvalue weighted by atomic mass is 9.95. The first-order valence-electron chi connectivity index (χ1n) is 8.79. The zero-order valence-corrected chi connectivity index (χ0v) is 14.7. The zero-order valence-electron chi connectivity index (χ0n) is 14.7. The van der Waals surface area contributed by atoms with Gasteiger partial charge in [0.05, 0.1) is 12.1 Å². The van der Waals surface area contributed by atoms with Gasteiger partial charge in [0.25, 0.3) is 0 Å². The molecule has 0 bridgehead atoms. The van der Waals surface area contributed by atoms with Crippen LogP contribution >= 0.6 is 0 Å². The number of nitrogens with zero attached hydrogens (tertiary/aromatic N) is 7. The second kappa shape index (κ2) is 7.07. The fourth-order valence-electron chi connectivity index (χ4n) is 3.44. The van der Waals surface area contributed by atoms with E-state index in [1.165, 1.54) is 0 Å². The van der Waals surface area contributed by atoms with Crippen molar-refractivity contribution in [3.8, 4) is 5.69 Å². The van der Waals surface area contributed by atoms with Crippen LogP contribution in [0.2, 0.25) is 0 Å². The molecule has 26 heavy (non-hydrogen) atoms. The van der Waals surface area contributed by atoms with E-state index in [9.17, 15) is 4.79 Å². The van der Waals surface area contributed by atoms with E-state index in [1.54, 1.807) is 15.6 Å². The molecular formula is C18H21N7O. The summed E-state index contributed by atoms with van der Waals surface area (Å²) >= 11 is 0. The molecule has 0 N–H and O–H groups in total. The van der Waals surface area contributed by atoms with Crippen molar-refractivity contribution in [3.05, 3.63) is 54.1 Å². The molecule has 1 aliphatic heterocycles. The van der Waals surface area contributed by atoms with E-state index in [4.69, 9.17) is 0 Å². The molecule has 3 aromatic rings. The van der Waals surface area contributed by atoms with Crippen molar-refractivity contribution >= 4 is 5.91 Å². The minimum Gasteiger partial charge on any atom is -0.342 e. The van der Waals surface area contributed by atoms with Crippen molar-refractivity contribution in [2.24, 2.45) is 7.05 Å². The normalized spacial score (nSPS) is 15.3. The molecule has 0 saturated carbocycles. The molecule has 134 valence electrons. The number of rotatable bonds is 4. The van der Waals surface area contributed by atoms with Crippen molar-refractivity contribution in [3.63, 3.8) is 0 Å². The van der Waals surface area contributed by atoms with Crippen LogP contribution in [-0.2, 0) is 18.3 Å². The predicted molar refractivity (Wildman–Crippen MR) is 94.6 cm³/mol. The maximum absolute atomic E-state index is 12.6. The highest BCUT2D eigenvalue weighted by molar-refractivity contribution is 5.79. The fraction of sp³-hybridized carbons (Fsp3) is 0.389. The average Bonchev–Trinajstić information content (AvgIpc) is 3.34. The van der Waals surface area contributed by atoms with Gasteiger partial charge in [-0.3, -0.25) is 4.79 Å². The predicted octanol–water partition coefficient (Wildman–Crippen LogP) is 1.34. The summed E-state index contributed by atoms with van der Waals surface area (Å²) in [6.07, 6.45) is 5.88. The van der Waals surface area contributed by atoms with E-state index >= 15 is 0 Å². The van der Waals surface area contributed by atoms with Crippen LogP contribution in [0.15, 0.2) is 42.7 Å². The number of tetrazole rings is 1. The summed E-state index contributed by atoms with van der Waals surface area (Å²) in [5, 5.41) is 15.9. The third-order valence-corrected chi connectivity index (χ3v) is 4.93. The lowest BCUT2D eigenvalue weighted by Gasteiger charge is -2.31. The Labute approximate surface area is 151 Å². The Morgan fingerprint density at radius 3 is 2.58 bits per heavy atom. The van der Waals surface area contributed by atoms with Crippen molar-refractivity contribution in [1.29, 1.82) is 0 Å². The second-order valence-corrected chi connectivity index (χ2v) is 6.61. The summed E-state index contributed by atoms with van der Waals surface area (Å²) in [4.78, 5) is 14.6. The van der Waals surface area contributed by atoms with Crippen molar-refractivity contribution in [2.45, 2.75) is 25.2 Å². The number of hydrogen-bond acceptors (Lipinski definition) is 5. The summed E-state index contributed by atoms with van der Waals surface area (Å²) in [6.45, 7) is 1.50. The molecule has 1 aliphatic rings. The molecule has 2 aromatic heterocycles. The van der Waals surface area contributed by atoms with E-state index in [2.05, 4.69) is 20.6 Å². The fourth-order valence-corrected chi connectivity index (χ4v) is 3.44. The average molecular weight is 351 g/mol. The lowest BCUT2D eigenvalue weighted by molar-refractivity contribution is -0.131. The molecule has 1 fully saturated rings. The van der Waals surface area contributed by atoms with Crippen LogP contribution in [0.25, 0.3) is 5.69 Å². The van der Waals surface area contributed by atoms with E-state index < -0.39 is 0 Å². The molecule has 0 atom stereocenters. The smallest absolute Gasteiger partial charge is 0.226 e. The van der Waals surface area contributed by atoms with Crippen molar-refractivity contribution < 1.29 is 4.79 Å². The van der Waals surface area contributed by atoms with Gasteiger partial charge in [-0.1, -0.05) is 12.1 Å². The Bertz CT molecular complexity index is 861. The Hall–Kier alpha value is -3.03. The van der Waals surface area contributed by atoms with Gasteiger partial charge >= 0.3 is 0 Å². The zero-order chi connectivity index (χ0) is 17.9. The van der Waals surface area contributed by atoms with Crippen molar-refractivity contribution in [2.75, 3.05) is 13.1 Å². The molecule has 1 saturated heterocycles. The van der Waals surface area contributed by atoms with Crippen LogP contribution in [0, 0.1) is 0 Å². The summed E-state index contributed by atoms with van der Waals surface area (Å²) in [5.41, 5.74) is 2.01. The SMILES string of the molecule is Cn1nnnc1C1CCN(C(=O)Cc2ccc(-n3cccn3)cc2)CC1. The number of benzene rings is 1. The number of hydrogen-bond donors (Lipinski definition) is 0. The van der Waals surface area contributed by atoms with Gasteiger partial charge < -0.3 is 4.90 Å². The number of aromatic nitrogens is 6. The molecule has 1 aromatic carbocycles. The number of aryl methyl sites for hydroxylation is 1. The first-order valence-corrected chi connectivity index (χ1v) is 8.79. The molecule has 4 rings (SSSR count). The molecule has 0 unspecified atom stereocenters. The highest BCUT2D eigenvalue weighted by Crippen LogP contribution is 2.26. The maximum atomic E-state index is 12.6. The standard InChI is InChI=1S/C18H21N7O/c1-23-18(20-21-22-23)15-7-11-24(12-8-15)17(26)13-14-3-5-16(6-4-14)25-10-2-9-19-25/h2-6,9-10,15H,7-8,11-13H2,1H3. The van der Waals surface area contributed by atoms with Gasteiger partial charge in [0.1, 0.15) is 0 Å². The highest BCUT2D eigenvalue weighted by Gasteiger charge is 2.26. The van der Waals surface area contributed by atoms with Crippen LogP contribution < -0.4 is 0 Å². The van der Waals surface area contributed by atoms with Gasteiger partial charge in [0.2, 0.25) is 5.91 Å². The first-order chi connectivity index (χ1) is 12.7. The molecule has 0 spiro atoms. The first kappa shape index (κ1) is 16.4. The van der Waals surface area contributed by atoms with Gasteiger partial charge in [-0.05, 0) is 47.0 Å². The number of amides is 1. The quantitative estimate of drug-likeness (QED) is 0.708. The van der Waals surface area contributed by atoms with Crippen LogP contribution in [0.3, 0.4) is 0 Å². The molecule has 0 radical (unpaired) electrons. The minimum absolute atomic E-state index is 0.173. The summed E-state index contributed by atoms with van der Waals surface area (Å²) in [6, 6.07) is 9.85. The topological polar surface area (TPSA) is 81.7 Å². The van der Waals surface area contributed by atoms with Gasteiger partial charge in [0, 0.05) is 38.4 Å². The Kier molecular flexibility index (Phi) is 4.47. The monoisotopic (exact) mass is 351 g/mol. The maximum Gasteiger partial charge on any atom is 0.226 e. The Morgan fingerprint density at radius 2 is 1.96 bits per heavy atom. The van der Waals surface area contributed by atoms with Gasteiger partial charge in [-0.25, -0.2) is 9.36 Å². The molecule has 8 nitrogen and oxygen atoms in total. The van der Waals surface area contributed by atoms with Crippen molar-refractivity contribution in [1.82, 2.24) is 34.9 Å². The molecule has 3 heterocycles. The molecular weight excluding hydrogens is 330 g/mol. The Balaban J connectivity index is 1.33. The summed E-state index contributed by atoms with van der Waals surface area (Å²) in [5.74, 6) is 1.41. The van der Waals surface area contributed by atoms with Crippen LogP contribution in [0.1, 0.15) is 30.1 Å². The molecule has 0 aliphatic carbocycles. The summed E-state index contributed by atoms with van der Waals surface area (Å²) < 4.78 is 3.53. The van der Waals surface area contributed by atoms with E-state index in [-0.39, 0.29) is 5.91 Å². The third-order valence-electron chi connectivity index (χ3n) is 4.93. The van der Waals surface area contributed by atoms with Gasteiger partial charge in [-0.2, -0.15) is 5.10 Å². The highest BCUT2D eigenvalue weighted by atomic mass is 16.2. The van der Waals surface area contributed by atoms with Crippen LogP contribution in [0.4, 0.5) is 0 Å². The number of carbonyl (C=O) groups is 1. The second-order valence-electron chi connectivity index (χ2n) is 6.61. The van der Waals surface area contributed by atoms with Gasteiger partial charge in [-0.15, -0.1) is 5.10 Å². The van der Waals surface area contributed by atoms with E-state index in [0.717, 1.165) is 43.0 Å². The number of likely N-dealkylation sites (tertiary alicyclic amines) is 1. The lowest BCUT2D eigenvalue weighted by Crippen LogP contribution is -2.39. The molecule has 8 heteroatoms. The third kappa shape index (κ3) is 3.35.